The molecule has 0 radical (unpaired) electrons. The molecule has 0 spiro atoms. The molecule has 0 amide bonds. The number of fused-ring (bicyclic) bond motifs is 1. The maximum absolute atomic E-state index is 12.7. The zero-order valence-electron chi connectivity index (χ0n) is 16.5. The number of carbonyl (C=O) groups excluding carboxylic acids is 1. The summed E-state index contributed by atoms with van der Waals surface area (Å²) in [6, 6.07) is 10.4. The molecule has 0 saturated heterocycles. The van der Waals surface area contributed by atoms with Crippen molar-refractivity contribution in [3.8, 4) is 17.2 Å². The molecule has 0 bridgehead atoms. The first-order valence-electron chi connectivity index (χ1n) is 9.05. The lowest BCUT2D eigenvalue weighted by molar-refractivity contribution is -0.147. The van der Waals surface area contributed by atoms with Crippen molar-refractivity contribution in [1.29, 1.82) is 0 Å². The first-order valence-corrected chi connectivity index (χ1v) is 9.05. The lowest BCUT2D eigenvalue weighted by atomic mass is 10.1. The number of aryl methyl sites for hydroxylation is 2. The molecule has 7 heteroatoms. The Morgan fingerprint density at radius 1 is 1.00 bits per heavy atom. The zero-order valence-corrected chi connectivity index (χ0v) is 16.5. The van der Waals surface area contributed by atoms with Gasteiger partial charge in [0.2, 0.25) is 11.2 Å². The fraction of sp³-hybridized carbons (Fsp3) is 0.273. The minimum Gasteiger partial charge on any atom is -0.482 e. The van der Waals surface area contributed by atoms with Crippen LogP contribution >= 0.6 is 0 Å². The molecule has 0 aliphatic rings. The van der Waals surface area contributed by atoms with Crippen molar-refractivity contribution in [2.45, 2.75) is 13.8 Å². The van der Waals surface area contributed by atoms with Crippen LogP contribution in [0, 0.1) is 13.8 Å². The van der Waals surface area contributed by atoms with E-state index in [1.165, 1.54) is 13.4 Å². The average Bonchev–Trinajstić information content (AvgIpc) is 2.68. The molecule has 3 rings (SSSR count). The summed E-state index contributed by atoms with van der Waals surface area (Å²) < 4.78 is 26.4. The first kappa shape index (κ1) is 20.4. The molecule has 0 unspecified atom stereocenters. The van der Waals surface area contributed by atoms with Gasteiger partial charge in [0.1, 0.15) is 30.0 Å². The highest BCUT2D eigenvalue weighted by molar-refractivity contribution is 5.79. The van der Waals surface area contributed by atoms with Crippen LogP contribution in [0.4, 0.5) is 0 Å². The molecule has 3 aromatic rings. The molecule has 0 fully saturated rings. The van der Waals surface area contributed by atoms with E-state index in [0.29, 0.717) is 29.1 Å². The van der Waals surface area contributed by atoms with E-state index in [0.717, 1.165) is 11.1 Å². The number of hydrogen-bond donors (Lipinski definition) is 0. The molecule has 1 heterocycles. The van der Waals surface area contributed by atoms with Gasteiger partial charge in [-0.2, -0.15) is 0 Å². The Morgan fingerprint density at radius 2 is 1.76 bits per heavy atom. The van der Waals surface area contributed by atoms with Gasteiger partial charge in [-0.15, -0.1) is 0 Å². The van der Waals surface area contributed by atoms with E-state index in [1.807, 2.05) is 32.0 Å². The highest BCUT2D eigenvalue weighted by Gasteiger charge is 2.12. The van der Waals surface area contributed by atoms with Crippen molar-refractivity contribution in [3.63, 3.8) is 0 Å². The topological polar surface area (TPSA) is 84.2 Å². The van der Waals surface area contributed by atoms with Gasteiger partial charge in [-0.3, -0.25) is 4.79 Å². The summed E-state index contributed by atoms with van der Waals surface area (Å²) in [5.74, 6) is 0.534. The predicted octanol–water partition coefficient (Wildman–Crippen LogP) is 3.77. The maximum Gasteiger partial charge on any atom is 0.344 e. The summed E-state index contributed by atoms with van der Waals surface area (Å²) in [7, 11) is 1.52. The first-order chi connectivity index (χ1) is 14.0. The minimum atomic E-state index is -0.513. The van der Waals surface area contributed by atoms with Gasteiger partial charge in [-0.05, 0) is 49.2 Å². The van der Waals surface area contributed by atoms with Crippen molar-refractivity contribution in [2.24, 2.45) is 0 Å². The summed E-state index contributed by atoms with van der Waals surface area (Å²) in [5, 5.41) is 0.349. The average molecular weight is 398 g/mol. The second kappa shape index (κ2) is 9.25. The molecular formula is C22H22O7. The van der Waals surface area contributed by atoms with E-state index in [4.69, 9.17) is 23.4 Å². The Labute approximate surface area is 167 Å². The number of benzene rings is 2. The van der Waals surface area contributed by atoms with Crippen molar-refractivity contribution >= 4 is 16.9 Å². The number of methoxy groups -OCH3 is 1. The monoisotopic (exact) mass is 398 g/mol. The zero-order chi connectivity index (χ0) is 20.8. The van der Waals surface area contributed by atoms with Crippen LogP contribution in [0.3, 0.4) is 0 Å². The second-order valence-corrected chi connectivity index (χ2v) is 6.51. The Morgan fingerprint density at radius 3 is 2.48 bits per heavy atom. The molecule has 29 heavy (non-hydrogen) atoms. The van der Waals surface area contributed by atoms with Crippen molar-refractivity contribution in [1.82, 2.24) is 0 Å². The minimum absolute atomic E-state index is 0.0953. The third-order valence-corrected chi connectivity index (χ3v) is 4.04. The third-order valence-electron chi connectivity index (χ3n) is 4.04. The van der Waals surface area contributed by atoms with Crippen molar-refractivity contribution in [3.05, 3.63) is 64.0 Å². The molecule has 7 nitrogen and oxygen atoms in total. The van der Waals surface area contributed by atoms with Crippen LogP contribution in [-0.2, 0) is 14.3 Å². The smallest absolute Gasteiger partial charge is 0.344 e. The molecule has 0 atom stereocenters. The maximum atomic E-state index is 12.7. The van der Waals surface area contributed by atoms with Gasteiger partial charge >= 0.3 is 5.97 Å². The number of ether oxygens (including phenoxy) is 4. The largest absolute Gasteiger partial charge is 0.482 e. The number of esters is 1. The molecule has 0 saturated carbocycles. The van der Waals surface area contributed by atoms with Gasteiger partial charge in [0.15, 0.2) is 6.61 Å². The van der Waals surface area contributed by atoms with E-state index in [2.05, 4.69) is 0 Å². The third kappa shape index (κ3) is 5.36. The van der Waals surface area contributed by atoms with Gasteiger partial charge in [-0.1, -0.05) is 6.07 Å². The SMILES string of the molecule is COCCOC(=O)COc1ccc2c(=O)c(Oc3cc(C)cc(C)c3)coc2c1. The molecule has 0 aliphatic heterocycles. The van der Waals surface area contributed by atoms with E-state index >= 15 is 0 Å². The Balaban J connectivity index is 1.73. The second-order valence-electron chi connectivity index (χ2n) is 6.51. The highest BCUT2D eigenvalue weighted by Crippen LogP contribution is 2.25. The fourth-order valence-electron chi connectivity index (χ4n) is 2.79. The van der Waals surface area contributed by atoms with E-state index < -0.39 is 5.97 Å². The van der Waals surface area contributed by atoms with Crippen LogP contribution in [0.25, 0.3) is 11.0 Å². The summed E-state index contributed by atoms with van der Waals surface area (Å²) in [6.45, 7) is 4.14. The fourth-order valence-corrected chi connectivity index (χ4v) is 2.79. The Bertz CT molecular complexity index is 1050. The van der Waals surface area contributed by atoms with Crippen LogP contribution in [-0.4, -0.2) is 32.9 Å². The normalized spacial score (nSPS) is 10.7. The van der Waals surface area contributed by atoms with Crippen LogP contribution < -0.4 is 14.9 Å². The van der Waals surface area contributed by atoms with Gasteiger partial charge in [-0.25, -0.2) is 4.79 Å². The van der Waals surface area contributed by atoms with Gasteiger partial charge in [0, 0.05) is 13.2 Å². The van der Waals surface area contributed by atoms with E-state index in [9.17, 15) is 9.59 Å². The number of rotatable bonds is 8. The van der Waals surface area contributed by atoms with Gasteiger partial charge < -0.3 is 23.4 Å². The standard InChI is InChI=1S/C22H22O7/c1-14-8-15(2)10-17(9-14)29-20-12-28-19-11-16(4-5-18(19)22(20)24)27-13-21(23)26-7-6-25-3/h4-5,8-12H,6-7,13H2,1-3H3. The van der Waals surface area contributed by atoms with Crippen LogP contribution in [0.15, 0.2) is 51.9 Å². The van der Waals surface area contributed by atoms with Crippen LogP contribution in [0.5, 0.6) is 17.2 Å². The van der Waals surface area contributed by atoms with Crippen LogP contribution in [0.1, 0.15) is 11.1 Å². The summed E-state index contributed by atoms with van der Waals surface area (Å²) in [4.78, 5) is 24.3. The predicted molar refractivity (Wildman–Crippen MR) is 107 cm³/mol. The van der Waals surface area contributed by atoms with E-state index in [-0.39, 0.29) is 24.4 Å². The van der Waals surface area contributed by atoms with Gasteiger partial charge in [0.05, 0.1) is 12.0 Å². The number of carbonyl (C=O) groups is 1. The quantitative estimate of drug-likeness (QED) is 0.422. The van der Waals surface area contributed by atoms with Crippen molar-refractivity contribution in [2.75, 3.05) is 26.9 Å². The lowest BCUT2D eigenvalue weighted by Gasteiger charge is -2.09. The van der Waals surface area contributed by atoms with E-state index in [1.54, 1.807) is 18.2 Å². The molecular weight excluding hydrogens is 376 g/mol. The van der Waals surface area contributed by atoms with Crippen LogP contribution in [0.2, 0.25) is 0 Å². The number of hydrogen-bond acceptors (Lipinski definition) is 7. The summed E-state index contributed by atoms with van der Waals surface area (Å²) >= 11 is 0. The highest BCUT2D eigenvalue weighted by atomic mass is 16.6. The molecule has 2 aromatic carbocycles. The molecule has 152 valence electrons. The van der Waals surface area contributed by atoms with Crippen molar-refractivity contribution < 1.29 is 28.2 Å². The summed E-state index contributed by atoms with van der Waals surface area (Å²) in [5.41, 5.74) is 2.10. The molecule has 0 aliphatic carbocycles. The molecule has 1 aromatic heterocycles. The molecule has 0 N–H and O–H groups in total. The Hall–Kier alpha value is -3.32. The summed E-state index contributed by atoms with van der Waals surface area (Å²) in [6.07, 6.45) is 1.27. The van der Waals surface area contributed by atoms with Gasteiger partial charge in [0.25, 0.3) is 0 Å². The lowest BCUT2D eigenvalue weighted by Crippen LogP contribution is -2.17. The Kier molecular flexibility index (Phi) is 6.51.